The molecule has 138 valence electrons. The van der Waals surface area contributed by atoms with Gasteiger partial charge in [-0.05, 0) is 12.8 Å². The average Bonchev–Trinajstić information content (AvgIpc) is 2.88. The molecule has 2 aromatic rings. The first-order chi connectivity index (χ1) is 12.8. The first-order valence-electron chi connectivity index (χ1n) is 9.29. The molecule has 1 aliphatic carbocycles. The molecule has 1 heterocycles. The number of thioether (sulfide) groups is 1. The van der Waals surface area contributed by atoms with Gasteiger partial charge >= 0.3 is 0 Å². The van der Waals surface area contributed by atoms with Crippen molar-refractivity contribution in [3.63, 3.8) is 0 Å². The Labute approximate surface area is 159 Å². The van der Waals surface area contributed by atoms with Crippen LogP contribution in [0, 0.1) is 0 Å². The molecule has 0 saturated heterocycles. The van der Waals surface area contributed by atoms with E-state index >= 15 is 0 Å². The molecule has 3 rings (SSSR count). The van der Waals surface area contributed by atoms with Crippen LogP contribution >= 0.6 is 11.8 Å². The topological polar surface area (TPSA) is 59.8 Å². The molecule has 0 radical (unpaired) electrons. The van der Waals surface area contributed by atoms with Crippen molar-refractivity contribution in [1.82, 2.24) is 20.1 Å². The van der Waals surface area contributed by atoms with E-state index in [1.54, 1.807) is 0 Å². The maximum absolute atomic E-state index is 12.3. The molecule has 6 heteroatoms. The fraction of sp³-hybridized carbons (Fsp3) is 0.450. The van der Waals surface area contributed by atoms with E-state index in [1.807, 2.05) is 41.0 Å². The van der Waals surface area contributed by atoms with Crippen LogP contribution in [0.2, 0.25) is 0 Å². The largest absolute Gasteiger partial charge is 0.353 e. The minimum Gasteiger partial charge on any atom is -0.353 e. The number of benzene rings is 1. The number of amides is 1. The Bertz CT molecular complexity index is 721. The average molecular weight is 371 g/mol. The summed E-state index contributed by atoms with van der Waals surface area (Å²) >= 11 is 1.43. The number of carbonyl (C=O) groups is 1. The van der Waals surface area contributed by atoms with Crippen LogP contribution in [0.15, 0.2) is 48.1 Å². The second-order valence-electron chi connectivity index (χ2n) is 6.62. The summed E-state index contributed by atoms with van der Waals surface area (Å²) in [5, 5.41) is 12.5. The van der Waals surface area contributed by atoms with Gasteiger partial charge in [-0.3, -0.25) is 9.36 Å². The molecule has 1 aliphatic rings. The Kier molecular flexibility index (Phi) is 6.89. The summed E-state index contributed by atoms with van der Waals surface area (Å²) < 4.78 is 2.01. The van der Waals surface area contributed by atoms with E-state index in [1.165, 1.54) is 37.4 Å². The molecule has 1 N–H and O–H groups in total. The smallest absolute Gasteiger partial charge is 0.230 e. The van der Waals surface area contributed by atoms with Crippen LogP contribution in [-0.4, -0.2) is 32.5 Å². The lowest BCUT2D eigenvalue weighted by Crippen LogP contribution is -2.35. The van der Waals surface area contributed by atoms with Crippen molar-refractivity contribution >= 4 is 17.7 Å². The lowest BCUT2D eigenvalue weighted by molar-refractivity contribution is -0.119. The van der Waals surface area contributed by atoms with Gasteiger partial charge in [-0.25, -0.2) is 0 Å². The van der Waals surface area contributed by atoms with Crippen LogP contribution in [0.5, 0.6) is 0 Å². The molecule has 1 fully saturated rings. The molecule has 0 unspecified atom stereocenters. The van der Waals surface area contributed by atoms with Crippen LogP contribution in [-0.2, 0) is 11.3 Å². The van der Waals surface area contributed by atoms with Crippen LogP contribution in [0.25, 0.3) is 11.4 Å². The van der Waals surface area contributed by atoms with Crippen molar-refractivity contribution in [2.24, 2.45) is 0 Å². The molecule has 1 aromatic heterocycles. The zero-order valence-corrected chi connectivity index (χ0v) is 15.9. The maximum atomic E-state index is 12.3. The van der Waals surface area contributed by atoms with Gasteiger partial charge in [-0.15, -0.1) is 16.8 Å². The fourth-order valence-electron chi connectivity index (χ4n) is 3.31. The summed E-state index contributed by atoms with van der Waals surface area (Å²) in [6.45, 7) is 4.44. The highest BCUT2D eigenvalue weighted by molar-refractivity contribution is 7.99. The molecule has 0 atom stereocenters. The highest BCUT2D eigenvalue weighted by Crippen LogP contribution is 2.24. The van der Waals surface area contributed by atoms with Gasteiger partial charge in [-0.2, -0.15) is 0 Å². The fourth-order valence-corrected chi connectivity index (χ4v) is 4.07. The molecule has 0 spiro atoms. The molecule has 0 aliphatic heterocycles. The van der Waals surface area contributed by atoms with Gasteiger partial charge < -0.3 is 5.32 Å². The molecule has 26 heavy (non-hydrogen) atoms. The third kappa shape index (κ3) is 4.97. The quantitative estimate of drug-likeness (QED) is 0.453. The first-order valence-corrected chi connectivity index (χ1v) is 10.3. The Morgan fingerprint density at radius 1 is 1.19 bits per heavy atom. The van der Waals surface area contributed by atoms with E-state index in [0.717, 1.165) is 29.4 Å². The van der Waals surface area contributed by atoms with E-state index in [2.05, 4.69) is 22.1 Å². The zero-order valence-electron chi connectivity index (χ0n) is 15.1. The van der Waals surface area contributed by atoms with Crippen molar-refractivity contribution in [3.05, 3.63) is 43.0 Å². The third-order valence-corrected chi connectivity index (χ3v) is 5.58. The number of aromatic nitrogens is 3. The lowest BCUT2D eigenvalue weighted by atomic mass is 10.1. The second-order valence-corrected chi connectivity index (χ2v) is 7.56. The highest BCUT2D eigenvalue weighted by Gasteiger charge is 2.17. The Balaban J connectivity index is 1.63. The number of nitrogens with zero attached hydrogens (tertiary/aromatic N) is 3. The highest BCUT2D eigenvalue weighted by atomic mass is 32.2. The number of carbonyl (C=O) groups excluding carboxylic acids is 1. The maximum Gasteiger partial charge on any atom is 0.230 e. The van der Waals surface area contributed by atoms with Gasteiger partial charge in [-0.1, -0.05) is 73.9 Å². The van der Waals surface area contributed by atoms with Crippen LogP contribution in [0.3, 0.4) is 0 Å². The van der Waals surface area contributed by atoms with Gasteiger partial charge in [0.05, 0.1) is 5.75 Å². The van der Waals surface area contributed by atoms with Gasteiger partial charge in [0.2, 0.25) is 5.91 Å². The summed E-state index contributed by atoms with van der Waals surface area (Å²) in [7, 11) is 0. The molecule has 1 aromatic carbocycles. The number of allylic oxidation sites excluding steroid dienone is 1. The van der Waals surface area contributed by atoms with Crippen molar-refractivity contribution in [2.45, 2.75) is 56.3 Å². The number of hydrogen-bond acceptors (Lipinski definition) is 4. The summed E-state index contributed by atoms with van der Waals surface area (Å²) in [6, 6.07) is 10.3. The van der Waals surface area contributed by atoms with Gasteiger partial charge in [0, 0.05) is 18.2 Å². The van der Waals surface area contributed by atoms with E-state index in [-0.39, 0.29) is 5.91 Å². The molecule has 1 amide bonds. The Morgan fingerprint density at radius 3 is 2.62 bits per heavy atom. The minimum absolute atomic E-state index is 0.0799. The van der Waals surface area contributed by atoms with Crippen molar-refractivity contribution < 1.29 is 4.79 Å². The summed E-state index contributed by atoms with van der Waals surface area (Å²) in [5.74, 6) is 1.24. The summed E-state index contributed by atoms with van der Waals surface area (Å²) in [4.78, 5) is 12.3. The Morgan fingerprint density at radius 2 is 1.92 bits per heavy atom. The molecule has 1 saturated carbocycles. The van der Waals surface area contributed by atoms with E-state index in [4.69, 9.17) is 0 Å². The molecule has 0 bridgehead atoms. The van der Waals surface area contributed by atoms with Gasteiger partial charge in [0.15, 0.2) is 11.0 Å². The molecular formula is C20H26N4OS. The van der Waals surface area contributed by atoms with Crippen molar-refractivity contribution in [3.8, 4) is 11.4 Å². The lowest BCUT2D eigenvalue weighted by Gasteiger charge is -2.16. The second kappa shape index (κ2) is 9.57. The summed E-state index contributed by atoms with van der Waals surface area (Å²) in [6.07, 6.45) is 9.02. The monoisotopic (exact) mass is 370 g/mol. The minimum atomic E-state index is 0.0799. The van der Waals surface area contributed by atoms with E-state index in [0.29, 0.717) is 18.3 Å². The van der Waals surface area contributed by atoms with Crippen molar-refractivity contribution in [1.29, 1.82) is 0 Å². The predicted molar refractivity (Wildman–Crippen MR) is 106 cm³/mol. The zero-order chi connectivity index (χ0) is 18.2. The van der Waals surface area contributed by atoms with Crippen LogP contribution in [0.4, 0.5) is 0 Å². The Hall–Kier alpha value is -2.08. The number of nitrogens with one attached hydrogen (secondary N) is 1. The van der Waals surface area contributed by atoms with Gasteiger partial charge in [0.1, 0.15) is 0 Å². The van der Waals surface area contributed by atoms with E-state index < -0.39 is 0 Å². The van der Waals surface area contributed by atoms with Crippen LogP contribution < -0.4 is 5.32 Å². The molecule has 5 nitrogen and oxygen atoms in total. The van der Waals surface area contributed by atoms with E-state index in [9.17, 15) is 4.79 Å². The number of rotatable bonds is 7. The normalized spacial score (nSPS) is 15.4. The standard InChI is InChI=1S/C20H26N4OS/c1-2-14-24-19(16-10-6-5-7-11-16)22-23-20(24)26-15-18(25)21-17-12-8-3-4-9-13-17/h2,5-7,10-11,17H,1,3-4,8-9,12-15H2,(H,21,25). The summed E-state index contributed by atoms with van der Waals surface area (Å²) in [5.41, 5.74) is 1.01. The number of hydrogen-bond donors (Lipinski definition) is 1. The SMILES string of the molecule is C=CCn1c(SCC(=O)NC2CCCCCC2)nnc1-c1ccccc1. The third-order valence-electron chi connectivity index (χ3n) is 4.61. The first kappa shape index (κ1) is 18.7. The van der Waals surface area contributed by atoms with Gasteiger partial charge in [0.25, 0.3) is 0 Å². The molecular weight excluding hydrogens is 344 g/mol. The van der Waals surface area contributed by atoms with Crippen LogP contribution in [0.1, 0.15) is 38.5 Å². The predicted octanol–water partition coefficient (Wildman–Crippen LogP) is 4.06. The van der Waals surface area contributed by atoms with Crippen molar-refractivity contribution in [2.75, 3.05) is 5.75 Å².